The predicted molar refractivity (Wildman–Crippen MR) is 45.4 cm³/mol. The Kier molecular flexibility index (Phi) is 4.01. The Hall–Kier alpha value is 0.01000. The third kappa shape index (κ3) is 3.25. The van der Waals surface area contributed by atoms with Crippen molar-refractivity contribution in [2.24, 2.45) is 10.5 Å². The van der Waals surface area contributed by atoms with Crippen LogP contribution in [0.5, 0.6) is 0 Å². The summed E-state index contributed by atoms with van der Waals surface area (Å²) in [5.41, 5.74) is 5.21. The lowest BCUT2D eigenvalue weighted by Crippen LogP contribution is -2.04. The first-order valence-corrected chi connectivity index (χ1v) is 5.98. The average Bonchev–Trinajstić information content (AvgIpc) is 1.87. The largest absolute Gasteiger partial charge is 0.387 e. The van der Waals surface area contributed by atoms with Crippen LogP contribution in [0, 0.1) is 0 Å². The molecule has 4 nitrogen and oxygen atoms in total. The summed E-state index contributed by atoms with van der Waals surface area (Å²) in [4.78, 5) is 0. The molecule has 0 aliphatic carbocycles. The van der Waals surface area contributed by atoms with Crippen molar-refractivity contribution in [3.63, 3.8) is 0 Å². The van der Waals surface area contributed by atoms with Gasteiger partial charge in [-0.1, -0.05) is 0 Å². The van der Waals surface area contributed by atoms with E-state index in [1.54, 1.807) is 13.2 Å². The van der Waals surface area contributed by atoms with E-state index >= 15 is 0 Å². The normalized spacial score (nSPS) is 18.5. The van der Waals surface area contributed by atoms with Gasteiger partial charge >= 0.3 is 6.72 Å². The Balaban J connectivity index is 4.37. The fraction of sp³-hybridized carbons (Fsp3) is 0.750. The molecule has 0 fully saturated rings. The summed E-state index contributed by atoms with van der Waals surface area (Å²) >= 11 is 1.07. The molecule has 0 rings (SSSR count). The lowest BCUT2D eigenvalue weighted by atomic mass is 10.8. The van der Waals surface area contributed by atoms with Crippen molar-refractivity contribution in [1.29, 1.82) is 0 Å². The summed E-state index contributed by atoms with van der Waals surface area (Å²) in [6, 6.07) is 0. The van der Waals surface area contributed by atoms with Gasteiger partial charge in [0.05, 0.1) is 0 Å². The Morgan fingerprint density at radius 3 is 2.40 bits per heavy atom. The molecular weight excluding hydrogens is 171 g/mol. The van der Waals surface area contributed by atoms with Gasteiger partial charge in [0.15, 0.2) is 0 Å². The Bertz CT molecular complexity index is 170. The molecule has 10 heavy (non-hydrogen) atoms. The summed E-state index contributed by atoms with van der Waals surface area (Å²) in [5, 5.41) is 0. The topological polar surface area (TPSA) is 64.7 Å². The second-order valence-electron chi connectivity index (χ2n) is 1.58. The smallest absolute Gasteiger partial charge is 0.372 e. The van der Waals surface area contributed by atoms with Crippen LogP contribution in [-0.2, 0) is 9.09 Å². The molecule has 2 N–H and O–H groups in total. The van der Waals surface area contributed by atoms with Crippen LogP contribution in [0.2, 0.25) is 0 Å². The molecule has 0 amide bonds. The lowest BCUT2D eigenvalue weighted by Gasteiger charge is -2.06. The van der Waals surface area contributed by atoms with Crippen LogP contribution in [0.4, 0.5) is 0 Å². The van der Waals surface area contributed by atoms with E-state index in [4.69, 9.17) is 5.73 Å². The van der Waals surface area contributed by atoms with Crippen molar-refractivity contribution >= 4 is 23.9 Å². The zero-order chi connectivity index (χ0) is 8.20. The van der Waals surface area contributed by atoms with Crippen LogP contribution in [0.15, 0.2) is 4.76 Å². The van der Waals surface area contributed by atoms with Crippen molar-refractivity contribution in [2.75, 3.05) is 13.4 Å². The first-order valence-electron chi connectivity index (χ1n) is 2.58. The van der Waals surface area contributed by atoms with Gasteiger partial charge in [-0.15, -0.1) is 0 Å². The number of hydrogen-bond donors (Lipinski definition) is 1. The van der Waals surface area contributed by atoms with E-state index in [1.165, 1.54) is 7.11 Å². The zero-order valence-electron chi connectivity index (χ0n) is 6.20. The standard InChI is InChI=1S/C4H11N2O2PS/c1-4(5)6-9(7,8-2)10-3/h1-3H3,(H2,5,6,7). The molecule has 60 valence electrons. The molecule has 0 aromatic carbocycles. The molecule has 0 aliphatic heterocycles. The maximum absolute atomic E-state index is 11.2. The number of nitrogens with zero attached hydrogens (tertiary/aromatic N) is 1. The molecule has 0 bridgehead atoms. The summed E-state index contributed by atoms with van der Waals surface area (Å²) in [6.07, 6.45) is 1.66. The van der Waals surface area contributed by atoms with Gasteiger partial charge in [-0.05, 0) is 24.6 Å². The summed E-state index contributed by atoms with van der Waals surface area (Å²) in [6.45, 7) is -1.29. The molecule has 0 aromatic heterocycles. The lowest BCUT2D eigenvalue weighted by molar-refractivity contribution is 0.411. The second-order valence-corrected chi connectivity index (χ2v) is 5.92. The molecule has 0 spiro atoms. The monoisotopic (exact) mass is 182 g/mol. The molecule has 0 saturated carbocycles. The molecule has 0 radical (unpaired) electrons. The molecule has 0 aliphatic rings. The third-order valence-corrected chi connectivity index (χ3v) is 4.30. The van der Waals surface area contributed by atoms with E-state index in [0.717, 1.165) is 11.4 Å². The van der Waals surface area contributed by atoms with Crippen LogP contribution in [0.25, 0.3) is 0 Å². The minimum atomic E-state index is -2.86. The number of amidine groups is 1. The minimum absolute atomic E-state index is 0.277. The highest BCUT2D eigenvalue weighted by Crippen LogP contribution is 2.58. The Morgan fingerprint density at radius 2 is 2.30 bits per heavy atom. The third-order valence-electron chi connectivity index (χ3n) is 0.742. The van der Waals surface area contributed by atoms with Crippen molar-refractivity contribution in [1.82, 2.24) is 0 Å². The van der Waals surface area contributed by atoms with Crippen molar-refractivity contribution < 1.29 is 9.09 Å². The van der Waals surface area contributed by atoms with Crippen LogP contribution >= 0.6 is 18.1 Å². The van der Waals surface area contributed by atoms with E-state index in [1.807, 2.05) is 0 Å². The van der Waals surface area contributed by atoms with Crippen LogP contribution in [0.3, 0.4) is 0 Å². The summed E-state index contributed by atoms with van der Waals surface area (Å²) in [7, 11) is 1.35. The van der Waals surface area contributed by atoms with Gasteiger partial charge in [0, 0.05) is 7.11 Å². The molecule has 1 atom stereocenters. The van der Waals surface area contributed by atoms with Crippen molar-refractivity contribution in [3.05, 3.63) is 0 Å². The first-order chi connectivity index (χ1) is 4.54. The quantitative estimate of drug-likeness (QED) is 0.408. The van der Waals surface area contributed by atoms with Crippen LogP contribution < -0.4 is 5.73 Å². The SMILES string of the molecule is COP(=O)(/N=C(\C)N)SC. The highest BCUT2D eigenvalue weighted by Gasteiger charge is 2.17. The molecular formula is C4H11N2O2PS. The van der Waals surface area contributed by atoms with Gasteiger partial charge in [-0.3, -0.25) is 4.57 Å². The fourth-order valence-electron chi connectivity index (χ4n) is 0.349. The van der Waals surface area contributed by atoms with E-state index < -0.39 is 6.72 Å². The minimum Gasteiger partial charge on any atom is -0.387 e. The maximum Gasteiger partial charge on any atom is 0.372 e. The Labute approximate surface area is 64.5 Å². The van der Waals surface area contributed by atoms with E-state index in [0.29, 0.717) is 0 Å². The highest BCUT2D eigenvalue weighted by atomic mass is 32.7. The maximum atomic E-state index is 11.2. The second kappa shape index (κ2) is 4.01. The number of hydrogen-bond acceptors (Lipinski definition) is 3. The summed E-state index contributed by atoms with van der Waals surface area (Å²) in [5.74, 6) is 0.277. The zero-order valence-corrected chi connectivity index (χ0v) is 7.91. The summed E-state index contributed by atoms with van der Waals surface area (Å²) < 4.78 is 19.5. The average molecular weight is 182 g/mol. The number of nitrogens with two attached hydrogens (primary N) is 1. The van der Waals surface area contributed by atoms with Gasteiger partial charge in [-0.25, -0.2) is 0 Å². The van der Waals surface area contributed by atoms with E-state index in [-0.39, 0.29) is 5.84 Å². The molecule has 0 heterocycles. The van der Waals surface area contributed by atoms with Crippen LogP contribution in [-0.4, -0.2) is 19.2 Å². The van der Waals surface area contributed by atoms with Crippen LogP contribution in [0.1, 0.15) is 6.92 Å². The van der Waals surface area contributed by atoms with Gasteiger partial charge in [0.2, 0.25) is 0 Å². The number of rotatable bonds is 3. The van der Waals surface area contributed by atoms with Gasteiger partial charge in [0.1, 0.15) is 5.84 Å². The molecule has 0 saturated heterocycles. The van der Waals surface area contributed by atoms with Crippen molar-refractivity contribution in [3.8, 4) is 0 Å². The van der Waals surface area contributed by atoms with Gasteiger partial charge in [0.25, 0.3) is 0 Å². The van der Waals surface area contributed by atoms with E-state index in [2.05, 4.69) is 9.29 Å². The van der Waals surface area contributed by atoms with Gasteiger partial charge in [-0.2, -0.15) is 4.76 Å². The van der Waals surface area contributed by atoms with Crippen molar-refractivity contribution in [2.45, 2.75) is 6.92 Å². The van der Waals surface area contributed by atoms with Gasteiger partial charge < -0.3 is 10.3 Å². The highest BCUT2D eigenvalue weighted by molar-refractivity contribution is 8.55. The molecule has 6 heteroatoms. The molecule has 0 aromatic rings. The van der Waals surface area contributed by atoms with E-state index in [9.17, 15) is 4.57 Å². The predicted octanol–water partition coefficient (Wildman–Crippen LogP) is 1.48. The molecule has 1 unspecified atom stereocenters. The first kappa shape index (κ1) is 10.0. The Morgan fingerprint density at radius 1 is 1.80 bits per heavy atom. The fourth-order valence-corrected chi connectivity index (χ4v) is 2.13.